The summed E-state index contributed by atoms with van der Waals surface area (Å²) >= 11 is 5.65. The maximum absolute atomic E-state index is 12.4. The molecular formula is C15H19ClN4O2. The Hall–Kier alpha value is -1.92. The Morgan fingerprint density at radius 2 is 2.05 bits per heavy atom. The van der Waals surface area contributed by atoms with E-state index in [4.69, 9.17) is 16.1 Å². The van der Waals surface area contributed by atoms with Gasteiger partial charge in [0.25, 0.3) is 5.91 Å². The number of amides is 1. The molecule has 0 radical (unpaired) electrons. The first-order chi connectivity index (χ1) is 10.5. The van der Waals surface area contributed by atoms with Crippen LogP contribution in [0.15, 0.2) is 28.8 Å². The molecule has 0 spiro atoms. The Morgan fingerprint density at radius 1 is 1.27 bits per heavy atom. The zero-order chi connectivity index (χ0) is 16.1. The molecule has 0 saturated carbocycles. The first-order valence-electron chi connectivity index (χ1n) is 6.90. The van der Waals surface area contributed by atoms with Gasteiger partial charge in [-0.15, -0.1) is 11.6 Å². The smallest absolute Gasteiger partial charge is 0.253 e. The van der Waals surface area contributed by atoms with E-state index >= 15 is 0 Å². The van der Waals surface area contributed by atoms with Gasteiger partial charge in [-0.2, -0.15) is 4.98 Å². The quantitative estimate of drug-likeness (QED) is 0.762. The molecule has 2 aromatic rings. The number of aromatic nitrogens is 2. The summed E-state index contributed by atoms with van der Waals surface area (Å²) in [6, 6.07) is 7.18. The second-order valence-corrected chi connectivity index (χ2v) is 5.52. The highest BCUT2D eigenvalue weighted by atomic mass is 35.5. The standard InChI is InChI=1S/C15H19ClN4O2/c1-19(2)7-8-20(3)15(21)12-6-4-5-11(9-12)14-17-13(10-16)22-18-14/h4-6,9H,7-8,10H2,1-3H3. The van der Waals surface area contributed by atoms with Gasteiger partial charge in [-0.25, -0.2) is 0 Å². The summed E-state index contributed by atoms with van der Waals surface area (Å²) in [5.41, 5.74) is 1.32. The number of likely N-dealkylation sites (N-methyl/N-ethyl adjacent to an activating group) is 2. The summed E-state index contributed by atoms with van der Waals surface area (Å²) in [4.78, 5) is 20.3. The molecule has 6 nitrogen and oxygen atoms in total. The van der Waals surface area contributed by atoms with E-state index in [9.17, 15) is 4.79 Å². The lowest BCUT2D eigenvalue weighted by molar-refractivity contribution is 0.0786. The van der Waals surface area contributed by atoms with Gasteiger partial charge in [0.05, 0.1) is 0 Å². The Morgan fingerprint density at radius 3 is 2.68 bits per heavy atom. The van der Waals surface area contributed by atoms with Crippen molar-refractivity contribution in [2.24, 2.45) is 0 Å². The summed E-state index contributed by atoms with van der Waals surface area (Å²) < 4.78 is 4.99. The number of alkyl halides is 1. The molecule has 0 aliphatic carbocycles. The number of hydrogen-bond acceptors (Lipinski definition) is 5. The molecule has 0 atom stereocenters. The van der Waals surface area contributed by atoms with E-state index < -0.39 is 0 Å². The molecule has 0 aliphatic heterocycles. The Balaban J connectivity index is 2.15. The first-order valence-corrected chi connectivity index (χ1v) is 7.44. The molecule has 1 amide bonds. The average Bonchev–Trinajstić information content (AvgIpc) is 3.01. The van der Waals surface area contributed by atoms with Crippen molar-refractivity contribution in [1.82, 2.24) is 19.9 Å². The molecule has 0 fully saturated rings. The fraction of sp³-hybridized carbons (Fsp3) is 0.400. The van der Waals surface area contributed by atoms with Crippen LogP contribution in [0.4, 0.5) is 0 Å². The molecule has 0 unspecified atom stereocenters. The first kappa shape index (κ1) is 16.5. The van der Waals surface area contributed by atoms with Gasteiger partial charge in [0, 0.05) is 31.3 Å². The van der Waals surface area contributed by atoms with E-state index in [0.717, 1.165) is 12.1 Å². The van der Waals surface area contributed by atoms with E-state index in [1.807, 2.05) is 25.1 Å². The monoisotopic (exact) mass is 322 g/mol. The molecule has 22 heavy (non-hydrogen) atoms. The van der Waals surface area contributed by atoms with Crippen molar-refractivity contribution >= 4 is 17.5 Å². The minimum atomic E-state index is -0.0373. The zero-order valence-electron chi connectivity index (χ0n) is 12.9. The number of benzene rings is 1. The molecule has 0 bridgehead atoms. The lowest BCUT2D eigenvalue weighted by atomic mass is 10.1. The minimum absolute atomic E-state index is 0.0373. The summed E-state index contributed by atoms with van der Waals surface area (Å²) in [6.45, 7) is 1.47. The second-order valence-electron chi connectivity index (χ2n) is 5.26. The van der Waals surface area contributed by atoms with E-state index in [1.54, 1.807) is 30.1 Å². The van der Waals surface area contributed by atoms with Crippen LogP contribution in [0.1, 0.15) is 16.2 Å². The van der Waals surface area contributed by atoms with Crippen LogP contribution in [-0.4, -0.2) is 60.1 Å². The van der Waals surface area contributed by atoms with Crippen LogP contribution in [0, 0.1) is 0 Å². The minimum Gasteiger partial charge on any atom is -0.340 e. The van der Waals surface area contributed by atoms with Crippen LogP contribution in [0.25, 0.3) is 11.4 Å². The lowest BCUT2D eigenvalue weighted by Crippen LogP contribution is -2.33. The molecule has 118 valence electrons. The van der Waals surface area contributed by atoms with Gasteiger partial charge in [0.2, 0.25) is 11.7 Å². The van der Waals surface area contributed by atoms with Crippen LogP contribution in [0.5, 0.6) is 0 Å². The molecule has 1 heterocycles. The Bertz CT molecular complexity index is 642. The van der Waals surface area contributed by atoms with E-state index in [2.05, 4.69) is 10.1 Å². The van der Waals surface area contributed by atoms with Gasteiger partial charge in [0.1, 0.15) is 5.88 Å². The number of rotatable bonds is 6. The molecule has 7 heteroatoms. The van der Waals surface area contributed by atoms with E-state index in [1.165, 1.54) is 0 Å². The van der Waals surface area contributed by atoms with Gasteiger partial charge in [-0.3, -0.25) is 4.79 Å². The molecule has 1 aromatic heterocycles. The normalized spacial score (nSPS) is 11.0. The SMILES string of the molecule is CN(C)CCN(C)C(=O)c1cccc(-c2noc(CCl)n2)c1. The number of carbonyl (C=O) groups is 1. The summed E-state index contributed by atoms with van der Waals surface area (Å²) in [5.74, 6) is 0.918. The predicted molar refractivity (Wildman–Crippen MR) is 84.8 cm³/mol. The molecular weight excluding hydrogens is 304 g/mol. The summed E-state index contributed by atoms with van der Waals surface area (Å²) in [5, 5.41) is 3.86. The maximum atomic E-state index is 12.4. The lowest BCUT2D eigenvalue weighted by Gasteiger charge is -2.19. The van der Waals surface area contributed by atoms with Crippen molar-refractivity contribution < 1.29 is 9.32 Å². The van der Waals surface area contributed by atoms with Crippen LogP contribution in [-0.2, 0) is 5.88 Å². The van der Waals surface area contributed by atoms with Crippen molar-refractivity contribution in [2.75, 3.05) is 34.2 Å². The van der Waals surface area contributed by atoms with Crippen molar-refractivity contribution in [2.45, 2.75) is 5.88 Å². The number of carbonyl (C=O) groups excluding carboxylic acids is 1. The fourth-order valence-electron chi connectivity index (χ4n) is 1.89. The molecule has 0 N–H and O–H groups in total. The van der Waals surface area contributed by atoms with Gasteiger partial charge in [-0.1, -0.05) is 17.3 Å². The average molecular weight is 323 g/mol. The van der Waals surface area contributed by atoms with Crippen molar-refractivity contribution in [3.8, 4) is 11.4 Å². The van der Waals surface area contributed by atoms with Crippen LogP contribution < -0.4 is 0 Å². The summed E-state index contributed by atoms with van der Waals surface area (Å²) in [7, 11) is 5.74. The zero-order valence-corrected chi connectivity index (χ0v) is 13.7. The van der Waals surface area contributed by atoms with E-state index in [-0.39, 0.29) is 11.8 Å². The highest BCUT2D eigenvalue weighted by Crippen LogP contribution is 2.18. The molecule has 1 aromatic carbocycles. The van der Waals surface area contributed by atoms with Crippen molar-refractivity contribution in [3.63, 3.8) is 0 Å². The van der Waals surface area contributed by atoms with Crippen molar-refractivity contribution in [1.29, 1.82) is 0 Å². The van der Waals surface area contributed by atoms with Crippen LogP contribution >= 0.6 is 11.6 Å². The van der Waals surface area contributed by atoms with Crippen molar-refractivity contribution in [3.05, 3.63) is 35.7 Å². The summed E-state index contributed by atoms with van der Waals surface area (Å²) in [6.07, 6.45) is 0. The van der Waals surface area contributed by atoms with Gasteiger partial charge in [-0.05, 0) is 26.2 Å². The van der Waals surface area contributed by atoms with Crippen LogP contribution in [0.2, 0.25) is 0 Å². The highest BCUT2D eigenvalue weighted by Gasteiger charge is 2.14. The third-order valence-electron chi connectivity index (χ3n) is 3.18. The number of halogens is 1. The predicted octanol–water partition coefficient (Wildman–Crippen LogP) is 2.11. The topological polar surface area (TPSA) is 62.5 Å². The molecule has 2 rings (SSSR count). The third-order valence-corrected chi connectivity index (χ3v) is 3.41. The van der Waals surface area contributed by atoms with Gasteiger partial charge in [0.15, 0.2) is 0 Å². The fourth-order valence-corrected chi connectivity index (χ4v) is 2.00. The highest BCUT2D eigenvalue weighted by molar-refractivity contribution is 6.16. The molecule has 0 saturated heterocycles. The van der Waals surface area contributed by atoms with Crippen LogP contribution in [0.3, 0.4) is 0 Å². The van der Waals surface area contributed by atoms with Gasteiger partial charge >= 0.3 is 0 Å². The Labute approximate surface area is 134 Å². The second kappa shape index (κ2) is 7.38. The number of nitrogens with zero attached hydrogens (tertiary/aromatic N) is 4. The molecule has 0 aliphatic rings. The maximum Gasteiger partial charge on any atom is 0.253 e. The third kappa shape index (κ3) is 4.05. The largest absolute Gasteiger partial charge is 0.340 e. The van der Waals surface area contributed by atoms with E-state index in [0.29, 0.717) is 23.8 Å². The van der Waals surface area contributed by atoms with Gasteiger partial charge < -0.3 is 14.3 Å². The Kier molecular flexibility index (Phi) is 5.51. The number of hydrogen-bond donors (Lipinski definition) is 0.